The summed E-state index contributed by atoms with van der Waals surface area (Å²) < 4.78 is 18.0. The third-order valence-corrected chi connectivity index (χ3v) is 2.98. The Morgan fingerprint density at radius 1 is 1.56 bits per heavy atom. The Balaban J connectivity index is 2.07. The van der Waals surface area contributed by atoms with Gasteiger partial charge in [-0.2, -0.15) is 0 Å². The Hall–Kier alpha value is -1.66. The number of phenols is 1. The average molecular weight is 254 g/mol. The van der Waals surface area contributed by atoms with Crippen molar-refractivity contribution in [3.05, 3.63) is 29.6 Å². The summed E-state index contributed by atoms with van der Waals surface area (Å²) in [7, 11) is 1.58. The molecule has 3 N–H and O–H groups in total. The zero-order valence-electron chi connectivity index (χ0n) is 9.94. The second kappa shape index (κ2) is 5.32. The van der Waals surface area contributed by atoms with Crippen molar-refractivity contribution in [1.82, 2.24) is 10.6 Å². The van der Waals surface area contributed by atoms with E-state index in [-0.39, 0.29) is 23.5 Å². The molecule has 2 atom stereocenters. The number of carbonyl (C=O) groups excluding carboxylic acids is 1. The van der Waals surface area contributed by atoms with E-state index >= 15 is 0 Å². The molecular formula is C12H15FN2O3. The second-order valence-electron chi connectivity index (χ2n) is 4.17. The number of halogens is 1. The van der Waals surface area contributed by atoms with Crippen molar-refractivity contribution in [2.75, 3.05) is 20.2 Å². The normalized spacial score (nSPS) is 23.0. The van der Waals surface area contributed by atoms with Crippen LogP contribution in [-0.4, -0.2) is 43.4 Å². The molecule has 1 aromatic carbocycles. The molecule has 1 aliphatic heterocycles. The molecule has 1 heterocycles. The van der Waals surface area contributed by atoms with Gasteiger partial charge in [0.15, 0.2) is 0 Å². The van der Waals surface area contributed by atoms with Gasteiger partial charge in [-0.1, -0.05) is 0 Å². The van der Waals surface area contributed by atoms with E-state index in [2.05, 4.69) is 10.6 Å². The van der Waals surface area contributed by atoms with E-state index in [0.29, 0.717) is 13.1 Å². The van der Waals surface area contributed by atoms with E-state index in [9.17, 15) is 14.3 Å². The Morgan fingerprint density at radius 3 is 3.00 bits per heavy atom. The van der Waals surface area contributed by atoms with Gasteiger partial charge in [-0.05, 0) is 12.1 Å². The van der Waals surface area contributed by atoms with Crippen LogP contribution in [0.25, 0.3) is 0 Å². The van der Waals surface area contributed by atoms with Crippen molar-refractivity contribution in [3.8, 4) is 5.75 Å². The van der Waals surface area contributed by atoms with Crippen molar-refractivity contribution < 1.29 is 19.0 Å². The number of rotatable bonds is 3. The number of ether oxygens (including phenoxy) is 1. The largest absolute Gasteiger partial charge is 0.507 e. The van der Waals surface area contributed by atoms with Crippen molar-refractivity contribution in [2.45, 2.75) is 12.1 Å². The molecule has 1 fully saturated rings. The van der Waals surface area contributed by atoms with Crippen LogP contribution in [0.15, 0.2) is 18.2 Å². The molecule has 0 aliphatic carbocycles. The average Bonchev–Trinajstić information content (AvgIpc) is 2.76. The number of hydrogen-bond donors (Lipinski definition) is 3. The van der Waals surface area contributed by atoms with Gasteiger partial charge in [-0.25, -0.2) is 4.39 Å². The zero-order chi connectivity index (χ0) is 13.1. The van der Waals surface area contributed by atoms with Gasteiger partial charge in [-0.3, -0.25) is 4.79 Å². The maximum Gasteiger partial charge on any atom is 0.255 e. The molecule has 0 radical (unpaired) electrons. The van der Waals surface area contributed by atoms with Crippen molar-refractivity contribution >= 4 is 5.91 Å². The summed E-state index contributed by atoms with van der Waals surface area (Å²) in [6, 6.07) is 3.14. The smallest absolute Gasteiger partial charge is 0.255 e. The summed E-state index contributed by atoms with van der Waals surface area (Å²) in [6.07, 6.45) is -0.100. The Kier molecular flexibility index (Phi) is 3.78. The molecule has 2 rings (SSSR count). The number of benzene rings is 1. The third-order valence-electron chi connectivity index (χ3n) is 2.98. The number of nitrogens with one attached hydrogen (secondary N) is 2. The number of phenolic OH excluding ortho intramolecular Hbond substituents is 1. The van der Waals surface area contributed by atoms with Crippen LogP contribution in [0, 0.1) is 5.82 Å². The van der Waals surface area contributed by atoms with Gasteiger partial charge >= 0.3 is 0 Å². The molecule has 6 heteroatoms. The van der Waals surface area contributed by atoms with Gasteiger partial charge in [0.25, 0.3) is 5.91 Å². The van der Waals surface area contributed by atoms with Crippen LogP contribution < -0.4 is 10.6 Å². The second-order valence-corrected chi connectivity index (χ2v) is 4.17. The molecule has 1 unspecified atom stereocenters. The van der Waals surface area contributed by atoms with Crippen molar-refractivity contribution in [2.24, 2.45) is 0 Å². The number of amides is 1. The number of carbonyl (C=O) groups is 1. The topological polar surface area (TPSA) is 70.6 Å². The van der Waals surface area contributed by atoms with E-state index in [1.54, 1.807) is 7.11 Å². The molecular weight excluding hydrogens is 239 g/mol. The molecule has 5 nitrogen and oxygen atoms in total. The maximum atomic E-state index is 12.8. The first-order chi connectivity index (χ1) is 8.61. The number of aromatic hydroxyl groups is 1. The summed E-state index contributed by atoms with van der Waals surface area (Å²) in [5, 5.41) is 15.4. The van der Waals surface area contributed by atoms with Crippen molar-refractivity contribution in [3.63, 3.8) is 0 Å². The summed E-state index contributed by atoms with van der Waals surface area (Å²) in [5.74, 6) is -1.39. The minimum Gasteiger partial charge on any atom is -0.507 e. The number of hydrogen-bond acceptors (Lipinski definition) is 4. The third kappa shape index (κ3) is 2.60. The van der Waals surface area contributed by atoms with Crippen LogP contribution >= 0.6 is 0 Å². The van der Waals surface area contributed by atoms with Gasteiger partial charge < -0.3 is 20.5 Å². The summed E-state index contributed by atoms with van der Waals surface area (Å²) in [5.41, 5.74) is 0.0538. The SMILES string of the molecule is CO[C@H]1CNCC1NC(=O)c1ccc(F)cc1O. The predicted octanol–water partition coefficient (Wildman–Crippen LogP) is 0.248. The predicted molar refractivity (Wildman–Crippen MR) is 63.0 cm³/mol. The van der Waals surface area contributed by atoms with E-state index in [1.165, 1.54) is 6.07 Å². The Labute approximate surface area is 104 Å². The monoisotopic (exact) mass is 254 g/mol. The van der Waals surface area contributed by atoms with Crippen LogP contribution in [0.4, 0.5) is 4.39 Å². The van der Waals surface area contributed by atoms with Gasteiger partial charge in [-0.15, -0.1) is 0 Å². The fraction of sp³-hybridized carbons (Fsp3) is 0.417. The highest BCUT2D eigenvalue weighted by molar-refractivity contribution is 5.97. The molecule has 1 saturated heterocycles. The lowest BCUT2D eigenvalue weighted by molar-refractivity contribution is 0.0778. The molecule has 0 saturated carbocycles. The molecule has 1 aromatic rings. The van der Waals surface area contributed by atoms with Crippen LogP contribution in [0.3, 0.4) is 0 Å². The van der Waals surface area contributed by atoms with E-state index in [1.807, 2.05) is 0 Å². The molecule has 18 heavy (non-hydrogen) atoms. The van der Waals surface area contributed by atoms with Crippen molar-refractivity contribution in [1.29, 1.82) is 0 Å². The van der Waals surface area contributed by atoms with E-state index in [0.717, 1.165) is 12.1 Å². The van der Waals surface area contributed by atoms with Crippen LogP contribution in [0.5, 0.6) is 5.75 Å². The highest BCUT2D eigenvalue weighted by atomic mass is 19.1. The van der Waals surface area contributed by atoms with Gasteiger partial charge in [0.2, 0.25) is 0 Å². The molecule has 0 spiro atoms. The lowest BCUT2D eigenvalue weighted by atomic mass is 10.1. The first-order valence-electron chi connectivity index (χ1n) is 5.64. The summed E-state index contributed by atoms with van der Waals surface area (Å²) >= 11 is 0. The van der Waals surface area contributed by atoms with Gasteiger partial charge in [0.1, 0.15) is 11.6 Å². The van der Waals surface area contributed by atoms with Crippen LogP contribution in [-0.2, 0) is 4.74 Å². The van der Waals surface area contributed by atoms with E-state index < -0.39 is 11.7 Å². The summed E-state index contributed by atoms with van der Waals surface area (Å²) in [6.45, 7) is 1.27. The molecule has 1 amide bonds. The van der Waals surface area contributed by atoms with Crippen LogP contribution in [0.2, 0.25) is 0 Å². The molecule has 98 valence electrons. The lowest BCUT2D eigenvalue weighted by Gasteiger charge is -2.18. The van der Waals surface area contributed by atoms with Crippen LogP contribution in [0.1, 0.15) is 10.4 Å². The molecule has 1 aliphatic rings. The fourth-order valence-corrected chi connectivity index (χ4v) is 1.99. The fourth-order valence-electron chi connectivity index (χ4n) is 1.99. The quantitative estimate of drug-likeness (QED) is 0.723. The number of methoxy groups -OCH3 is 1. The highest BCUT2D eigenvalue weighted by Crippen LogP contribution is 2.18. The first-order valence-corrected chi connectivity index (χ1v) is 5.64. The molecule has 0 aromatic heterocycles. The van der Waals surface area contributed by atoms with E-state index in [4.69, 9.17) is 4.74 Å². The van der Waals surface area contributed by atoms with Gasteiger partial charge in [0, 0.05) is 26.3 Å². The summed E-state index contributed by atoms with van der Waals surface area (Å²) in [4.78, 5) is 11.9. The standard InChI is InChI=1S/C12H15FN2O3/c1-18-11-6-14-5-9(11)15-12(17)8-3-2-7(13)4-10(8)16/h2-4,9,11,14,16H,5-6H2,1H3,(H,15,17)/t9?,11-/m0/s1. The lowest BCUT2D eigenvalue weighted by Crippen LogP contribution is -2.43. The highest BCUT2D eigenvalue weighted by Gasteiger charge is 2.28. The maximum absolute atomic E-state index is 12.8. The molecule has 0 bridgehead atoms. The Bertz CT molecular complexity index is 453. The Morgan fingerprint density at radius 2 is 2.33 bits per heavy atom. The zero-order valence-corrected chi connectivity index (χ0v) is 9.94. The van der Waals surface area contributed by atoms with Gasteiger partial charge in [0.05, 0.1) is 17.7 Å². The minimum absolute atomic E-state index is 0.0538. The minimum atomic E-state index is -0.582. The first kappa shape index (κ1) is 12.8.